The highest BCUT2D eigenvalue weighted by molar-refractivity contribution is 6.01. The van der Waals surface area contributed by atoms with Crippen LogP contribution < -0.4 is 10.2 Å². The lowest BCUT2D eigenvalue weighted by Gasteiger charge is -2.23. The van der Waals surface area contributed by atoms with Gasteiger partial charge in [-0.3, -0.25) is 9.59 Å². The number of para-hydroxylation sites is 1. The summed E-state index contributed by atoms with van der Waals surface area (Å²) in [5.41, 5.74) is 4.42. The molecule has 1 aliphatic rings. The summed E-state index contributed by atoms with van der Waals surface area (Å²) in [6, 6.07) is 16.0. The zero-order valence-corrected chi connectivity index (χ0v) is 15.5. The monoisotopic (exact) mass is 350 g/mol. The van der Waals surface area contributed by atoms with E-state index in [0.29, 0.717) is 13.1 Å². The van der Waals surface area contributed by atoms with Crippen molar-refractivity contribution in [2.24, 2.45) is 5.92 Å². The molecule has 0 aromatic heterocycles. The predicted octanol–water partition coefficient (Wildman–Crippen LogP) is 3.48. The average Bonchev–Trinajstić information content (AvgIpc) is 3.07. The molecule has 0 aliphatic carbocycles. The lowest BCUT2D eigenvalue weighted by molar-refractivity contribution is -0.126. The summed E-state index contributed by atoms with van der Waals surface area (Å²) in [5.74, 6) is -0.293. The Hall–Kier alpha value is -2.62. The standard InChI is InChI=1S/C22H26N2O2/c1-3-17-11-8-12-18(4-2)21(17)24-15-19(13-20(24)25)22(26)23-14-16-9-6-5-7-10-16/h5-12,19H,3-4,13-15H2,1-2H3,(H,23,26)/t19-/m0/s1. The normalized spacial score (nSPS) is 16.8. The Labute approximate surface area is 155 Å². The zero-order chi connectivity index (χ0) is 18.5. The van der Waals surface area contributed by atoms with Gasteiger partial charge in [0, 0.05) is 25.2 Å². The Kier molecular flexibility index (Phi) is 5.71. The maximum atomic E-state index is 12.6. The second-order valence-electron chi connectivity index (χ2n) is 6.74. The fourth-order valence-corrected chi connectivity index (χ4v) is 3.59. The van der Waals surface area contributed by atoms with Crippen molar-refractivity contribution in [3.63, 3.8) is 0 Å². The highest BCUT2D eigenvalue weighted by Crippen LogP contribution is 2.32. The quantitative estimate of drug-likeness (QED) is 0.867. The number of nitrogens with zero attached hydrogens (tertiary/aromatic N) is 1. The van der Waals surface area contributed by atoms with Crippen molar-refractivity contribution >= 4 is 17.5 Å². The number of nitrogens with one attached hydrogen (secondary N) is 1. The van der Waals surface area contributed by atoms with Crippen molar-refractivity contribution in [2.45, 2.75) is 39.7 Å². The third-order valence-corrected chi connectivity index (χ3v) is 5.04. The summed E-state index contributed by atoms with van der Waals surface area (Å²) in [6.45, 7) is 5.16. The van der Waals surface area contributed by atoms with Crippen molar-refractivity contribution < 1.29 is 9.59 Å². The summed E-state index contributed by atoms with van der Waals surface area (Å²) in [6.07, 6.45) is 2.03. The van der Waals surface area contributed by atoms with Crippen LogP contribution in [0.3, 0.4) is 0 Å². The molecular formula is C22H26N2O2. The number of anilines is 1. The van der Waals surface area contributed by atoms with Crippen molar-refractivity contribution in [1.82, 2.24) is 5.32 Å². The lowest BCUT2D eigenvalue weighted by Crippen LogP contribution is -2.33. The minimum atomic E-state index is -0.291. The van der Waals surface area contributed by atoms with Gasteiger partial charge in [-0.2, -0.15) is 0 Å². The van der Waals surface area contributed by atoms with E-state index in [4.69, 9.17) is 0 Å². The van der Waals surface area contributed by atoms with Crippen LogP contribution in [0, 0.1) is 5.92 Å². The molecule has 1 atom stereocenters. The fourth-order valence-electron chi connectivity index (χ4n) is 3.59. The number of carbonyl (C=O) groups excluding carboxylic acids is 2. The molecular weight excluding hydrogens is 324 g/mol. The SMILES string of the molecule is CCc1cccc(CC)c1N1C[C@@H](C(=O)NCc2ccccc2)CC1=O. The van der Waals surface area contributed by atoms with Crippen LogP contribution in [-0.4, -0.2) is 18.4 Å². The first kappa shape index (κ1) is 18.2. The van der Waals surface area contributed by atoms with E-state index in [1.54, 1.807) is 0 Å². The van der Waals surface area contributed by atoms with Gasteiger partial charge in [0.1, 0.15) is 0 Å². The van der Waals surface area contributed by atoms with Crippen LogP contribution in [0.2, 0.25) is 0 Å². The van der Waals surface area contributed by atoms with Crippen LogP contribution in [0.5, 0.6) is 0 Å². The fraction of sp³-hybridized carbons (Fsp3) is 0.364. The molecule has 0 radical (unpaired) electrons. The molecule has 0 saturated carbocycles. The van der Waals surface area contributed by atoms with Gasteiger partial charge in [0.15, 0.2) is 0 Å². The Morgan fingerprint density at radius 2 is 1.69 bits per heavy atom. The molecule has 2 aromatic rings. The van der Waals surface area contributed by atoms with Crippen LogP contribution in [0.15, 0.2) is 48.5 Å². The molecule has 4 nitrogen and oxygen atoms in total. The number of carbonyl (C=O) groups is 2. The number of benzene rings is 2. The number of rotatable bonds is 6. The van der Waals surface area contributed by atoms with Crippen molar-refractivity contribution in [3.8, 4) is 0 Å². The first-order chi connectivity index (χ1) is 12.6. The summed E-state index contributed by atoms with van der Waals surface area (Å²) < 4.78 is 0. The van der Waals surface area contributed by atoms with E-state index in [0.717, 1.165) is 24.1 Å². The molecule has 3 rings (SSSR count). The molecule has 4 heteroatoms. The van der Waals surface area contributed by atoms with E-state index in [1.165, 1.54) is 11.1 Å². The smallest absolute Gasteiger partial charge is 0.227 e. The largest absolute Gasteiger partial charge is 0.352 e. The highest BCUT2D eigenvalue weighted by atomic mass is 16.2. The minimum Gasteiger partial charge on any atom is -0.352 e. The summed E-state index contributed by atoms with van der Waals surface area (Å²) >= 11 is 0. The molecule has 1 fully saturated rings. The number of hydrogen-bond acceptors (Lipinski definition) is 2. The Morgan fingerprint density at radius 3 is 2.31 bits per heavy atom. The second kappa shape index (κ2) is 8.17. The molecule has 2 aromatic carbocycles. The molecule has 1 N–H and O–H groups in total. The molecule has 0 spiro atoms. The van der Waals surface area contributed by atoms with E-state index >= 15 is 0 Å². The van der Waals surface area contributed by atoms with E-state index < -0.39 is 0 Å². The van der Waals surface area contributed by atoms with E-state index in [1.807, 2.05) is 41.3 Å². The van der Waals surface area contributed by atoms with Crippen molar-refractivity contribution in [1.29, 1.82) is 0 Å². The second-order valence-corrected chi connectivity index (χ2v) is 6.74. The van der Waals surface area contributed by atoms with Gasteiger partial charge in [-0.25, -0.2) is 0 Å². The van der Waals surface area contributed by atoms with Gasteiger partial charge in [-0.05, 0) is 29.5 Å². The Balaban J connectivity index is 1.72. The summed E-state index contributed by atoms with van der Waals surface area (Å²) in [7, 11) is 0. The lowest BCUT2D eigenvalue weighted by atomic mass is 10.0. The molecule has 1 saturated heterocycles. The molecule has 1 aliphatic heterocycles. The Bertz CT molecular complexity index is 764. The predicted molar refractivity (Wildman–Crippen MR) is 104 cm³/mol. The van der Waals surface area contributed by atoms with Gasteiger partial charge in [-0.15, -0.1) is 0 Å². The van der Waals surface area contributed by atoms with Gasteiger partial charge in [0.2, 0.25) is 11.8 Å². The van der Waals surface area contributed by atoms with Gasteiger partial charge < -0.3 is 10.2 Å². The van der Waals surface area contributed by atoms with Crippen LogP contribution in [-0.2, 0) is 29.0 Å². The van der Waals surface area contributed by atoms with Gasteiger partial charge in [0.25, 0.3) is 0 Å². The minimum absolute atomic E-state index is 0.0421. The van der Waals surface area contributed by atoms with Crippen LogP contribution in [0.1, 0.15) is 37.0 Å². The number of amides is 2. The molecule has 136 valence electrons. The third-order valence-electron chi connectivity index (χ3n) is 5.04. The maximum Gasteiger partial charge on any atom is 0.227 e. The van der Waals surface area contributed by atoms with Gasteiger partial charge in [-0.1, -0.05) is 62.4 Å². The van der Waals surface area contributed by atoms with E-state index in [9.17, 15) is 9.59 Å². The van der Waals surface area contributed by atoms with Crippen molar-refractivity contribution in [2.75, 3.05) is 11.4 Å². The third kappa shape index (κ3) is 3.79. The van der Waals surface area contributed by atoms with Gasteiger partial charge in [0.05, 0.1) is 5.92 Å². The summed E-state index contributed by atoms with van der Waals surface area (Å²) in [4.78, 5) is 27.0. The zero-order valence-electron chi connectivity index (χ0n) is 15.5. The number of aryl methyl sites for hydroxylation is 2. The summed E-state index contributed by atoms with van der Waals surface area (Å²) in [5, 5.41) is 2.97. The molecule has 0 bridgehead atoms. The van der Waals surface area contributed by atoms with Crippen LogP contribution in [0.25, 0.3) is 0 Å². The maximum absolute atomic E-state index is 12.6. The Morgan fingerprint density at radius 1 is 1.04 bits per heavy atom. The average molecular weight is 350 g/mol. The molecule has 2 amide bonds. The van der Waals surface area contributed by atoms with Crippen LogP contribution >= 0.6 is 0 Å². The molecule has 26 heavy (non-hydrogen) atoms. The topological polar surface area (TPSA) is 49.4 Å². The van der Waals surface area contributed by atoms with Crippen molar-refractivity contribution in [3.05, 3.63) is 65.2 Å². The highest BCUT2D eigenvalue weighted by Gasteiger charge is 2.36. The van der Waals surface area contributed by atoms with E-state index in [-0.39, 0.29) is 24.2 Å². The molecule has 1 heterocycles. The van der Waals surface area contributed by atoms with E-state index in [2.05, 4.69) is 31.3 Å². The van der Waals surface area contributed by atoms with Gasteiger partial charge >= 0.3 is 0 Å². The first-order valence-corrected chi connectivity index (χ1v) is 9.36. The number of hydrogen-bond donors (Lipinski definition) is 1. The van der Waals surface area contributed by atoms with Crippen LogP contribution in [0.4, 0.5) is 5.69 Å². The first-order valence-electron chi connectivity index (χ1n) is 9.36. The molecule has 0 unspecified atom stereocenters.